The second kappa shape index (κ2) is 6.50. The second-order valence-corrected chi connectivity index (χ2v) is 6.84. The summed E-state index contributed by atoms with van der Waals surface area (Å²) in [6, 6.07) is 3.16. The van der Waals surface area contributed by atoms with Crippen molar-refractivity contribution in [3.8, 4) is 0 Å². The highest BCUT2D eigenvalue weighted by molar-refractivity contribution is 7.87. The van der Waals surface area contributed by atoms with Crippen LogP contribution in [0.3, 0.4) is 0 Å². The quantitative estimate of drug-likeness (QED) is 0.836. The van der Waals surface area contributed by atoms with Gasteiger partial charge < -0.3 is 5.11 Å². The van der Waals surface area contributed by atoms with Gasteiger partial charge in [0.2, 0.25) is 0 Å². The lowest BCUT2D eigenvalue weighted by molar-refractivity contribution is -0.142. The number of carboxylic acid groups (broad SMARTS) is 1. The molecule has 0 saturated carbocycles. The molecule has 0 amide bonds. The first-order valence-corrected chi connectivity index (χ1v) is 8.24. The van der Waals surface area contributed by atoms with Crippen LogP contribution in [0.5, 0.6) is 0 Å². The van der Waals surface area contributed by atoms with Crippen LogP contribution in [0.25, 0.3) is 0 Å². The molecule has 0 bridgehead atoms. The average molecular weight is 313 g/mol. The number of rotatable bonds is 5. The predicted octanol–water partition coefficient (Wildman–Crippen LogP) is 0.774. The summed E-state index contributed by atoms with van der Waals surface area (Å²) < 4.78 is 28.5. The molecule has 21 heavy (non-hydrogen) atoms. The van der Waals surface area contributed by atoms with Crippen LogP contribution in [0.4, 0.5) is 0 Å². The Morgan fingerprint density at radius 1 is 1.48 bits per heavy atom. The van der Waals surface area contributed by atoms with Gasteiger partial charge in [-0.3, -0.25) is 9.78 Å². The van der Waals surface area contributed by atoms with Gasteiger partial charge in [-0.25, -0.2) is 0 Å². The average Bonchev–Trinajstić information content (AvgIpc) is 2.48. The molecule has 1 aliphatic heterocycles. The second-order valence-electron chi connectivity index (χ2n) is 5.14. The normalized spacial score (nSPS) is 19.3. The first-order chi connectivity index (χ1) is 9.90. The standard InChI is InChI=1S/C13H19N3O4S/c1-10(12-3-2-6-14-9-12)15-21(19,20)16-7-4-11(5-8-16)13(17)18/h2-3,6,9-11,15H,4-5,7-8H2,1H3,(H,17,18). The molecule has 1 aromatic heterocycles. The Morgan fingerprint density at radius 2 is 2.14 bits per heavy atom. The van der Waals surface area contributed by atoms with E-state index in [0.29, 0.717) is 12.8 Å². The Morgan fingerprint density at radius 3 is 2.67 bits per heavy atom. The number of carboxylic acids is 1. The third kappa shape index (κ3) is 3.99. The van der Waals surface area contributed by atoms with Gasteiger partial charge in [-0.15, -0.1) is 0 Å². The van der Waals surface area contributed by atoms with E-state index in [0.717, 1.165) is 5.56 Å². The Balaban J connectivity index is 1.98. The fourth-order valence-corrected chi connectivity index (χ4v) is 3.76. The van der Waals surface area contributed by atoms with Gasteiger partial charge in [-0.2, -0.15) is 17.4 Å². The topological polar surface area (TPSA) is 99.6 Å². The number of carbonyl (C=O) groups is 1. The van der Waals surface area contributed by atoms with Gasteiger partial charge in [0.1, 0.15) is 0 Å². The van der Waals surface area contributed by atoms with Crippen LogP contribution in [0.1, 0.15) is 31.4 Å². The van der Waals surface area contributed by atoms with E-state index in [4.69, 9.17) is 5.11 Å². The Bertz CT molecular complexity index is 583. The maximum atomic E-state index is 12.3. The molecule has 7 nitrogen and oxygen atoms in total. The van der Waals surface area contributed by atoms with Crippen molar-refractivity contribution in [3.63, 3.8) is 0 Å². The van der Waals surface area contributed by atoms with Gasteiger partial charge in [0, 0.05) is 31.5 Å². The zero-order valence-corrected chi connectivity index (χ0v) is 12.6. The molecular formula is C13H19N3O4S. The fraction of sp³-hybridized carbons (Fsp3) is 0.538. The van der Waals surface area contributed by atoms with Crippen molar-refractivity contribution in [1.82, 2.24) is 14.0 Å². The van der Waals surface area contributed by atoms with Crippen LogP contribution in [0.2, 0.25) is 0 Å². The third-order valence-electron chi connectivity index (χ3n) is 3.65. The van der Waals surface area contributed by atoms with Crippen molar-refractivity contribution in [2.45, 2.75) is 25.8 Å². The van der Waals surface area contributed by atoms with E-state index in [1.807, 2.05) is 0 Å². The van der Waals surface area contributed by atoms with Crippen molar-refractivity contribution < 1.29 is 18.3 Å². The molecule has 1 atom stereocenters. The first-order valence-electron chi connectivity index (χ1n) is 6.80. The third-order valence-corrected chi connectivity index (χ3v) is 5.35. The molecule has 2 rings (SSSR count). The fourth-order valence-electron chi connectivity index (χ4n) is 2.34. The number of hydrogen-bond acceptors (Lipinski definition) is 4. The van der Waals surface area contributed by atoms with Crippen LogP contribution in [0, 0.1) is 5.92 Å². The number of nitrogens with one attached hydrogen (secondary N) is 1. The van der Waals surface area contributed by atoms with Crippen molar-refractivity contribution in [2.75, 3.05) is 13.1 Å². The molecule has 2 N–H and O–H groups in total. The molecule has 1 fully saturated rings. The molecule has 0 radical (unpaired) electrons. The van der Waals surface area contributed by atoms with Crippen LogP contribution < -0.4 is 4.72 Å². The van der Waals surface area contributed by atoms with E-state index in [-0.39, 0.29) is 19.1 Å². The summed E-state index contributed by atoms with van der Waals surface area (Å²) in [6.07, 6.45) is 3.93. The molecule has 8 heteroatoms. The molecule has 1 aromatic rings. The van der Waals surface area contributed by atoms with Gasteiger partial charge in [-0.05, 0) is 31.4 Å². The lowest BCUT2D eigenvalue weighted by atomic mass is 9.99. The van der Waals surface area contributed by atoms with Gasteiger partial charge in [0.05, 0.1) is 5.92 Å². The molecule has 1 aliphatic rings. The maximum absolute atomic E-state index is 12.3. The summed E-state index contributed by atoms with van der Waals surface area (Å²) in [4.78, 5) is 14.8. The van der Waals surface area contributed by atoms with Gasteiger partial charge in [-0.1, -0.05) is 6.07 Å². The van der Waals surface area contributed by atoms with Crippen molar-refractivity contribution >= 4 is 16.2 Å². The van der Waals surface area contributed by atoms with Gasteiger partial charge in [0.15, 0.2) is 0 Å². The van der Waals surface area contributed by atoms with E-state index in [2.05, 4.69) is 9.71 Å². The minimum absolute atomic E-state index is 0.228. The summed E-state index contributed by atoms with van der Waals surface area (Å²) in [7, 11) is -3.62. The summed E-state index contributed by atoms with van der Waals surface area (Å²) in [5.41, 5.74) is 0.779. The van der Waals surface area contributed by atoms with E-state index in [1.165, 1.54) is 4.31 Å². The lowest BCUT2D eigenvalue weighted by Crippen LogP contribution is -2.46. The summed E-state index contributed by atoms with van der Waals surface area (Å²) in [5.74, 6) is -1.31. The van der Waals surface area contributed by atoms with E-state index >= 15 is 0 Å². The first kappa shape index (κ1) is 15.9. The molecule has 1 saturated heterocycles. The number of aromatic nitrogens is 1. The smallest absolute Gasteiger partial charge is 0.306 e. The molecule has 0 aromatic carbocycles. The van der Waals surface area contributed by atoms with E-state index in [1.54, 1.807) is 31.5 Å². The minimum atomic E-state index is -3.62. The van der Waals surface area contributed by atoms with Crippen molar-refractivity contribution in [3.05, 3.63) is 30.1 Å². The van der Waals surface area contributed by atoms with Crippen molar-refractivity contribution in [1.29, 1.82) is 0 Å². The highest BCUT2D eigenvalue weighted by atomic mass is 32.2. The van der Waals surface area contributed by atoms with Crippen molar-refractivity contribution in [2.24, 2.45) is 5.92 Å². The van der Waals surface area contributed by atoms with Crippen LogP contribution in [-0.4, -0.2) is 41.9 Å². The van der Waals surface area contributed by atoms with Crippen LogP contribution >= 0.6 is 0 Å². The zero-order valence-electron chi connectivity index (χ0n) is 11.8. The number of aliphatic carboxylic acids is 1. The van der Waals surface area contributed by atoms with Crippen LogP contribution in [0.15, 0.2) is 24.5 Å². The summed E-state index contributed by atoms with van der Waals surface area (Å²) >= 11 is 0. The molecule has 0 spiro atoms. The largest absolute Gasteiger partial charge is 0.481 e. The lowest BCUT2D eigenvalue weighted by Gasteiger charge is -2.30. The Labute approximate surface area is 124 Å². The highest BCUT2D eigenvalue weighted by Crippen LogP contribution is 2.20. The molecular weight excluding hydrogens is 294 g/mol. The molecule has 116 valence electrons. The Kier molecular flexibility index (Phi) is 4.92. The Hall–Kier alpha value is -1.51. The summed E-state index contributed by atoms with van der Waals surface area (Å²) in [5, 5.41) is 8.93. The number of hydrogen-bond donors (Lipinski definition) is 2. The minimum Gasteiger partial charge on any atom is -0.481 e. The number of pyridine rings is 1. The maximum Gasteiger partial charge on any atom is 0.306 e. The SMILES string of the molecule is CC(NS(=O)(=O)N1CCC(C(=O)O)CC1)c1cccnc1. The van der Waals surface area contributed by atoms with E-state index < -0.39 is 22.1 Å². The summed E-state index contributed by atoms with van der Waals surface area (Å²) in [6.45, 7) is 2.21. The van der Waals surface area contributed by atoms with E-state index in [9.17, 15) is 13.2 Å². The zero-order chi connectivity index (χ0) is 15.5. The van der Waals surface area contributed by atoms with Crippen LogP contribution in [-0.2, 0) is 15.0 Å². The monoisotopic (exact) mass is 313 g/mol. The molecule has 1 unspecified atom stereocenters. The number of piperidine rings is 1. The van der Waals surface area contributed by atoms with Gasteiger partial charge in [0.25, 0.3) is 10.2 Å². The highest BCUT2D eigenvalue weighted by Gasteiger charge is 2.31. The predicted molar refractivity (Wildman–Crippen MR) is 76.6 cm³/mol. The molecule has 0 aliphatic carbocycles. The van der Waals surface area contributed by atoms with Gasteiger partial charge >= 0.3 is 5.97 Å². The number of nitrogens with zero attached hydrogens (tertiary/aromatic N) is 2. The molecule has 2 heterocycles.